The van der Waals surface area contributed by atoms with Crippen LogP contribution in [0, 0.1) is 5.82 Å². The van der Waals surface area contributed by atoms with Crippen molar-refractivity contribution in [1.82, 2.24) is 0 Å². The van der Waals surface area contributed by atoms with Crippen molar-refractivity contribution >= 4 is 39.5 Å². The number of carbonyl (C=O) groups excluding carboxylic acids is 2. The number of carbonyl (C=O) groups is 3. The number of benzene rings is 2. The summed E-state index contributed by atoms with van der Waals surface area (Å²) in [4.78, 5) is 37.6. The van der Waals surface area contributed by atoms with Crippen LogP contribution in [0.3, 0.4) is 0 Å². The molecule has 0 unspecified atom stereocenters. The predicted octanol–water partition coefficient (Wildman–Crippen LogP) is 3.16. The van der Waals surface area contributed by atoms with Crippen LogP contribution < -0.4 is 9.64 Å². The summed E-state index contributed by atoms with van der Waals surface area (Å²) in [6.07, 6.45) is -0.626. The van der Waals surface area contributed by atoms with Crippen molar-refractivity contribution in [2.75, 3.05) is 25.2 Å². The fraction of sp³-hybridized carbons (Fsp3) is 0.286. The smallest absolute Gasteiger partial charge is 0.338 e. The van der Waals surface area contributed by atoms with Gasteiger partial charge in [0.2, 0.25) is 5.91 Å². The summed E-state index contributed by atoms with van der Waals surface area (Å²) in [5.74, 6) is -3.94. The summed E-state index contributed by atoms with van der Waals surface area (Å²) in [7, 11) is 1.14. The molecular formula is C21H19BrFNO7. The molecule has 1 aliphatic heterocycles. The number of rotatable bonds is 7. The molecule has 1 aliphatic rings. The van der Waals surface area contributed by atoms with E-state index in [2.05, 4.69) is 20.7 Å². The van der Waals surface area contributed by atoms with E-state index in [0.717, 1.165) is 23.6 Å². The lowest BCUT2D eigenvalue weighted by Crippen LogP contribution is -2.50. The summed E-state index contributed by atoms with van der Waals surface area (Å²) in [6.45, 7) is 0.160. The van der Waals surface area contributed by atoms with E-state index in [4.69, 9.17) is 9.47 Å². The second-order valence-corrected chi connectivity index (χ2v) is 7.48. The average Bonchev–Trinajstić information content (AvgIpc) is 2.76. The summed E-state index contributed by atoms with van der Waals surface area (Å²) in [6, 6.07) is 9.37. The first-order valence-corrected chi connectivity index (χ1v) is 10.0. The Labute approximate surface area is 185 Å². The van der Waals surface area contributed by atoms with Crippen LogP contribution in [0.15, 0.2) is 40.9 Å². The summed E-state index contributed by atoms with van der Waals surface area (Å²) < 4.78 is 30.0. The van der Waals surface area contributed by atoms with Crippen molar-refractivity contribution in [3.05, 3.63) is 57.8 Å². The molecule has 1 amide bonds. The number of halogens is 2. The predicted molar refractivity (Wildman–Crippen MR) is 111 cm³/mol. The number of fused-ring (bicyclic) bond motifs is 1. The van der Waals surface area contributed by atoms with Gasteiger partial charge in [0.25, 0.3) is 0 Å². The molecule has 0 fully saturated rings. The van der Waals surface area contributed by atoms with Crippen LogP contribution in [0.25, 0.3) is 0 Å². The largest absolute Gasteiger partial charge is 0.488 e. The van der Waals surface area contributed by atoms with E-state index >= 15 is 0 Å². The first kappa shape index (κ1) is 22.7. The molecular weight excluding hydrogens is 477 g/mol. The van der Waals surface area contributed by atoms with Crippen molar-refractivity contribution in [2.45, 2.75) is 19.1 Å². The highest BCUT2D eigenvalue weighted by atomic mass is 79.9. The first-order valence-electron chi connectivity index (χ1n) is 9.22. The second kappa shape index (κ2) is 9.88. The Morgan fingerprint density at radius 2 is 2.00 bits per heavy atom. The van der Waals surface area contributed by atoms with Gasteiger partial charge in [0.1, 0.15) is 24.5 Å². The molecule has 8 nitrogen and oxygen atoms in total. The Hall–Kier alpha value is -2.98. The maximum atomic E-state index is 14.2. The van der Waals surface area contributed by atoms with Crippen LogP contribution in [-0.2, 0) is 25.7 Å². The van der Waals surface area contributed by atoms with Gasteiger partial charge in [-0.1, -0.05) is 30.3 Å². The number of aromatic carboxylic acids is 1. The molecule has 1 heterocycles. The van der Waals surface area contributed by atoms with Gasteiger partial charge in [-0.15, -0.1) is 0 Å². The van der Waals surface area contributed by atoms with Crippen LogP contribution >= 0.6 is 15.9 Å². The third kappa shape index (κ3) is 5.02. The zero-order chi connectivity index (χ0) is 22.5. The number of carboxylic acids is 1. The maximum Gasteiger partial charge on any atom is 0.338 e. The highest BCUT2D eigenvalue weighted by molar-refractivity contribution is 9.10. The number of amides is 1. The van der Waals surface area contributed by atoms with Crippen LogP contribution in [0.4, 0.5) is 10.1 Å². The van der Waals surface area contributed by atoms with E-state index in [1.807, 2.05) is 30.3 Å². The quantitative estimate of drug-likeness (QED) is 0.464. The topological polar surface area (TPSA) is 102 Å². The number of nitrogens with zero attached hydrogens (tertiary/aromatic N) is 1. The average molecular weight is 496 g/mol. The molecule has 1 N–H and O–H groups in total. The van der Waals surface area contributed by atoms with Crippen LogP contribution in [0.5, 0.6) is 5.75 Å². The van der Waals surface area contributed by atoms with Gasteiger partial charge in [0, 0.05) is 0 Å². The molecule has 0 bridgehead atoms. The molecule has 0 spiro atoms. The Balaban J connectivity index is 1.95. The van der Waals surface area contributed by atoms with Crippen molar-refractivity contribution in [1.29, 1.82) is 0 Å². The van der Waals surface area contributed by atoms with Crippen LogP contribution in [0.1, 0.15) is 22.3 Å². The molecule has 31 heavy (non-hydrogen) atoms. The van der Waals surface area contributed by atoms with Gasteiger partial charge in [-0.2, -0.15) is 0 Å². The Bertz CT molecular complexity index is 999. The highest BCUT2D eigenvalue weighted by Crippen LogP contribution is 2.44. The number of carboxylic acid groups (broad SMARTS) is 1. The molecule has 2 aromatic carbocycles. The Morgan fingerprint density at radius 1 is 1.29 bits per heavy atom. The fourth-order valence-corrected chi connectivity index (χ4v) is 3.60. The maximum absolute atomic E-state index is 14.2. The van der Waals surface area contributed by atoms with Gasteiger partial charge in [0.15, 0.2) is 5.75 Å². The second-order valence-electron chi connectivity index (χ2n) is 6.69. The summed E-state index contributed by atoms with van der Waals surface area (Å²) in [5.41, 5.74) is 0.291. The zero-order valence-electron chi connectivity index (χ0n) is 16.5. The van der Waals surface area contributed by atoms with Crippen molar-refractivity contribution in [3.8, 4) is 5.75 Å². The number of esters is 1. The number of hydrogen-bond donors (Lipinski definition) is 1. The third-order valence-electron chi connectivity index (χ3n) is 4.62. The van der Waals surface area contributed by atoms with E-state index < -0.39 is 41.7 Å². The van der Waals surface area contributed by atoms with Gasteiger partial charge >= 0.3 is 11.9 Å². The van der Waals surface area contributed by atoms with E-state index in [1.54, 1.807) is 0 Å². The molecule has 3 rings (SSSR count). The van der Waals surface area contributed by atoms with E-state index in [0.29, 0.717) is 0 Å². The summed E-state index contributed by atoms with van der Waals surface area (Å²) in [5, 5.41) is 9.60. The number of hydrogen-bond acceptors (Lipinski definition) is 6. The molecule has 0 saturated carbocycles. The molecule has 0 aliphatic carbocycles. The van der Waals surface area contributed by atoms with E-state index in [9.17, 15) is 23.9 Å². The number of ether oxygens (including phenoxy) is 3. The highest BCUT2D eigenvalue weighted by Gasteiger charge is 2.38. The molecule has 1 atom stereocenters. The lowest BCUT2D eigenvalue weighted by atomic mass is 10.1. The molecule has 0 aromatic heterocycles. The minimum atomic E-state index is -1.45. The lowest BCUT2D eigenvalue weighted by molar-refractivity contribution is -0.143. The molecule has 0 radical (unpaired) electrons. The Morgan fingerprint density at radius 3 is 2.65 bits per heavy atom. The monoisotopic (exact) mass is 495 g/mol. The van der Waals surface area contributed by atoms with Gasteiger partial charge in [-0.05, 0) is 27.6 Å². The molecule has 10 heteroatoms. The normalized spacial score (nSPS) is 15.1. The van der Waals surface area contributed by atoms with Gasteiger partial charge in [-0.25, -0.2) is 9.18 Å². The van der Waals surface area contributed by atoms with Crippen LogP contribution in [0.2, 0.25) is 0 Å². The Kier molecular flexibility index (Phi) is 7.24. The van der Waals surface area contributed by atoms with Gasteiger partial charge < -0.3 is 19.3 Å². The standard InChI is InChI=1S/C21H19BrFNO7/c1-29-17(26)8-16(25)24-13(10-30-9-12-5-3-2-4-6-12)11-31-20-18(22)15(23)7-14(19(20)24)21(27)28/h2-7,13H,8-11H2,1H3,(H,27,28)/t13-/m0/s1. The van der Waals surface area contributed by atoms with E-state index in [1.165, 1.54) is 0 Å². The molecule has 2 aromatic rings. The van der Waals surface area contributed by atoms with Crippen molar-refractivity contribution in [3.63, 3.8) is 0 Å². The van der Waals surface area contributed by atoms with Crippen molar-refractivity contribution in [2.24, 2.45) is 0 Å². The number of anilines is 1. The third-order valence-corrected chi connectivity index (χ3v) is 5.36. The SMILES string of the molecule is COC(=O)CC(=O)N1c2c(C(=O)O)cc(F)c(Br)c2OC[C@@H]1COCc1ccccc1. The summed E-state index contributed by atoms with van der Waals surface area (Å²) >= 11 is 3.04. The molecule has 0 saturated heterocycles. The lowest BCUT2D eigenvalue weighted by Gasteiger charge is -2.38. The van der Waals surface area contributed by atoms with E-state index in [-0.39, 0.29) is 35.7 Å². The first-order chi connectivity index (χ1) is 14.8. The van der Waals surface area contributed by atoms with Crippen LogP contribution in [-0.4, -0.2) is 49.3 Å². The minimum Gasteiger partial charge on any atom is -0.488 e. The zero-order valence-corrected chi connectivity index (χ0v) is 18.1. The minimum absolute atomic E-state index is 0.00466. The van der Waals surface area contributed by atoms with Gasteiger partial charge in [0.05, 0.1) is 36.4 Å². The molecule has 164 valence electrons. The number of methoxy groups -OCH3 is 1. The fourth-order valence-electron chi connectivity index (χ4n) is 3.18. The van der Waals surface area contributed by atoms with Crippen molar-refractivity contribution < 1.29 is 38.1 Å². The van der Waals surface area contributed by atoms with Gasteiger partial charge in [-0.3, -0.25) is 14.5 Å².